The van der Waals surface area contributed by atoms with E-state index < -0.39 is 10.0 Å². The van der Waals surface area contributed by atoms with Crippen LogP contribution in [0.2, 0.25) is 0 Å². The molecule has 0 radical (unpaired) electrons. The highest BCUT2D eigenvalue weighted by Crippen LogP contribution is 2.79. The smallest absolute Gasteiger partial charge is 0.227 e. The van der Waals surface area contributed by atoms with Gasteiger partial charge >= 0.3 is 0 Å². The lowest BCUT2D eigenvalue weighted by atomic mass is 9.96. The summed E-state index contributed by atoms with van der Waals surface area (Å²) in [5, 5.41) is 0. The number of hydrogen-bond donors (Lipinski definition) is 0. The Hall–Kier alpha value is -7.93. The number of rotatable bonds is 7. The van der Waals surface area contributed by atoms with Gasteiger partial charge in [0.1, 0.15) is 11.0 Å². The maximum absolute atomic E-state index is 6.87. The predicted molar refractivity (Wildman–Crippen MR) is 252 cm³/mol. The lowest BCUT2D eigenvalue weighted by Gasteiger charge is -2.49. The molecule has 0 spiro atoms. The van der Waals surface area contributed by atoms with Gasteiger partial charge in [-0.3, -0.25) is 0 Å². The fraction of sp³-hybridized carbons (Fsp3) is 0. The summed E-state index contributed by atoms with van der Waals surface area (Å²) in [6, 6.07) is 79.1. The van der Waals surface area contributed by atoms with Gasteiger partial charge in [0.05, 0.1) is 22.5 Å². The molecule has 0 unspecified atom stereocenters. The Morgan fingerprint density at radius 2 is 0.694 bits per heavy atom. The molecule has 3 heterocycles. The molecule has 0 bridgehead atoms. The van der Waals surface area contributed by atoms with Gasteiger partial charge in [0.15, 0.2) is 11.2 Å². The number of fused-ring (bicyclic) bond motifs is 4. The van der Waals surface area contributed by atoms with Crippen LogP contribution in [-0.2, 0) is 0 Å². The Morgan fingerprint density at radius 3 is 1.13 bits per heavy atom. The van der Waals surface area contributed by atoms with Gasteiger partial charge in [-0.1, -0.05) is 140 Å². The van der Waals surface area contributed by atoms with E-state index in [2.05, 4.69) is 150 Å². The van der Waals surface area contributed by atoms with Gasteiger partial charge in [0.2, 0.25) is 11.8 Å². The van der Waals surface area contributed by atoms with E-state index in [1.807, 2.05) is 78.9 Å². The summed E-state index contributed by atoms with van der Waals surface area (Å²) < 4.78 is 13.7. The van der Waals surface area contributed by atoms with Crippen LogP contribution in [0.5, 0.6) is 0 Å². The fourth-order valence-electron chi connectivity index (χ4n) is 9.08. The van der Waals surface area contributed by atoms with Crippen molar-refractivity contribution in [2.45, 2.75) is 19.6 Å². The van der Waals surface area contributed by atoms with Crippen LogP contribution >= 0.6 is 10.0 Å². The van der Waals surface area contributed by atoms with Crippen molar-refractivity contribution in [3.05, 3.63) is 224 Å². The lowest BCUT2D eigenvalue weighted by Crippen LogP contribution is -2.21. The average Bonchev–Trinajstić information content (AvgIpc) is 4.00. The number of hydrogen-bond acceptors (Lipinski definition) is 5. The van der Waals surface area contributed by atoms with Crippen molar-refractivity contribution in [1.29, 1.82) is 0 Å². The van der Waals surface area contributed by atoms with Crippen molar-refractivity contribution in [1.82, 2.24) is 9.97 Å². The highest BCUT2D eigenvalue weighted by Gasteiger charge is 2.42. The number of anilines is 3. The number of para-hydroxylation sites is 2. The number of aromatic nitrogens is 2. The van der Waals surface area contributed by atoms with E-state index in [1.54, 1.807) is 0 Å². The SMILES string of the molecule is c1ccc(-c2nc3c(-c4ccc(N5c6ccccc6S(c6ccccc6)(c6ccccc6)c6ccccc65)cc4)c4oc(-c5ccccc5)nc4c(-c4ccccc4)c3o2)cc1. The minimum absolute atomic E-state index is 0.538. The molecule has 1 aliphatic heterocycles. The van der Waals surface area contributed by atoms with Crippen LogP contribution in [-0.4, -0.2) is 9.97 Å². The van der Waals surface area contributed by atoms with Crippen molar-refractivity contribution in [2.75, 3.05) is 4.90 Å². The molecule has 9 aromatic carbocycles. The van der Waals surface area contributed by atoms with Crippen LogP contribution in [0.25, 0.3) is 67.4 Å². The topological polar surface area (TPSA) is 55.3 Å². The normalized spacial score (nSPS) is 13.5. The quantitative estimate of drug-likeness (QED) is 0.160. The largest absolute Gasteiger partial charge is 0.435 e. The molecule has 12 rings (SSSR count). The third kappa shape index (κ3) is 5.58. The third-order valence-electron chi connectivity index (χ3n) is 11.8. The van der Waals surface area contributed by atoms with E-state index in [0.717, 1.165) is 56.0 Å². The van der Waals surface area contributed by atoms with Gasteiger partial charge in [-0.15, -0.1) is 10.0 Å². The Kier molecular flexibility index (Phi) is 8.50. The van der Waals surface area contributed by atoms with Gasteiger partial charge in [0, 0.05) is 36.4 Å². The summed E-state index contributed by atoms with van der Waals surface area (Å²) in [6.45, 7) is 0. The van der Waals surface area contributed by atoms with Crippen LogP contribution in [0.1, 0.15) is 0 Å². The summed E-state index contributed by atoms with van der Waals surface area (Å²) in [7, 11) is -1.86. The van der Waals surface area contributed by atoms with Gasteiger partial charge in [-0.25, -0.2) is 9.97 Å². The highest BCUT2D eigenvalue weighted by molar-refractivity contribution is 8.34. The average molecular weight is 816 g/mol. The maximum Gasteiger partial charge on any atom is 0.227 e. The second kappa shape index (κ2) is 14.7. The Balaban J connectivity index is 1.08. The molecule has 0 atom stereocenters. The van der Waals surface area contributed by atoms with Crippen LogP contribution in [0.4, 0.5) is 17.1 Å². The van der Waals surface area contributed by atoms with Crippen LogP contribution < -0.4 is 4.90 Å². The maximum atomic E-state index is 6.87. The molecule has 5 nitrogen and oxygen atoms in total. The van der Waals surface area contributed by atoms with Crippen LogP contribution in [0.3, 0.4) is 0 Å². The second-order valence-electron chi connectivity index (χ2n) is 15.3. The zero-order chi connectivity index (χ0) is 41.0. The van der Waals surface area contributed by atoms with Crippen molar-refractivity contribution in [3.63, 3.8) is 0 Å². The van der Waals surface area contributed by atoms with Crippen molar-refractivity contribution in [2.24, 2.45) is 0 Å². The van der Waals surface area contributed by atoms with Gasteiger partial charge in [-0.05, 0) is 96.1 Å². The van der Waals surface area contributed by atoms with Crippen molar-refractivity contribution in [3.8, 4) is 45.2 Å². The first-order chi connectivity index (χ1) is 30.8. The van der Waals surface area contributed by atoms with Crippen molar-refractivity contribution >= 4 is 49.3 Å². The van der Waals surface area contributed by atoms with Crippen molar-refractivity contribution < 1.29 is 8.83 Å². The first kappa shape index (κ1) is 36.0. The summed E-state index contributed by atoms with van der Waals surface area (Å²) in [5.74, 6) is 1.08. The van der Waals surface area contributed by atoms with E-state index >= 15 is 0 Å². The van der Waals surface area contributed by atoms with E-state index in [9.17, 15) is 0 Å². The molecule has 0 N–H and O–H groups in total. The molecular weight excluding hydrogens is 779 g/mol. The molecule has 11 aromatic rings. The molecule has 1 aliphatic rings. The highest BCUT2D eigenvalue weighted by atomic mass is 32.3. The molecule has 0 saturated heterocycles. The first-order valence-electron chi connectivity index (χ1n) is 20.7. The van der Waals surface area contributed by atoms with E-state index in [0.29, 0.717) is 28.5 Å². The molecule has 0 aliphatic carbocycles. The Morgan fingerprint density at radius 1 is 0.339 bits per heavy atom. The monoisotopic (exact) mass is 815 g/mol. The number of nitrogens with zero attached hydrogens (tertiary/aromatic N) is 3. The lowest BCUT2D eigenvalue weighted by molar-refractivity contribution is 0.619. The van der Waals surface area contributed by atoms with E-state index in [4.69, 9.17) is 18.8 Å². The summed E-state index contributed by atoms with van der Waals surface area (Å²) in [5.41, 5.74) is 11.5. The molecule has 294 valence electrons. The third-order valence-corrected chi connectivity index (χ3v) is 15.7. The second-order valence-corrected chi connectivity index (χ2v) is 18.3. The van der Waals surface area contributed by atoms with Gasteiger partial charge in [-0.2, -0.15) is 0 Å². The molecular formula is C56H37N3O2S. The Labute approximate surface area is 360 Å². The zero-order valence-electron chi connectivity index (χ0n) is 33.4. The molecule has 0 saturated carbocycles. The first-order valence-corrected chi connectivity index (χ1v) is 22.4. The molecule has 0 amide bonds. The van der Waals surface area contributed by atoms with E-state index in [1.165, 1.54) is 19.6 Å². The van der Waals surface area contributed by atoms with E-state index in [-0.39, 0.29) is 0 Å². The standard InChI is InChI=1S/C56H37N3O2S/c1-6-20-38(21-7-1)49-51-54(61-55(57-51)40-22-8-2-9-23-40)50(52-53(49)60-56(58-52)41-24-10-3-11-25-41)39-34-36-42(37-35-39)59-45-30-16-18-32-47(45)62(43-26-12-4-13-27-43,44-28-14-5-15-29-44)48-33-19-17-31-46(48)59/h1-37H. The molecule has 62 heavy (non-hydrogen) atoms. The molecule has 2 aromatic heterocycles. The fourth-order valence-corrected chi connectivity index (χ4v) is 13.2. The zero-order valence-corrected chi connectivity index (χ0v) is 34.2. The molecule has 6 heteroatoms. The summed E-state index contributed by atoms with van der Waals surface area (Å²) >= 11 is 0. The molecule has 0 fully saturated rings. The minimum Gasteiger partial charge on any atom is -0.435 e. The van der Waals surface area contributed by atoms with Gasteiger partial charge in [0.25, 0.3) is 0 Å². The Bertz CT molecular complexity index is 3200. The van der Waals surface area contributed by atoms with Crippen LogP contribution in [0, 0.1) is 0 Å². The van der Waals surface area contributed by atoms with Crippen LogP contribution in [0.15, 0.2) is 253 Å². The van der Waals surface area contributed by atoms with Gasteiger partial charge < -0.3 is 13.7 Å². The summed E-state index contributed by atoms with van der Waals surface area (Å²) in [6.07, 6.45) is 0. The minimum atomic E-state index is -1.86. The number of benzene rings is 9. The summed E-state index contributed by atoms with van der Waals surface area (Å²) in [4.78, 5) is 18.1. The number of oxazole rings is 2. The predicted octanol–water partition coefficient (Wildman–Crippen LogP) is 15.8.